The summed E-state index contributed by atoms with van der Waals surface area (Å²) in [6.45, 7) is 0.945. The van der Waals surface area contributed by atoms with Crippen LogP contribution in [0.3, 0.4) is 0 Å². The molecule has 0 bridgehead atoms. The molecule has 108 valence electrons. The summed E-state index contributed by atoms with van der Waals surface area (Å²) in [6.07, 6.45) is 9.74. The Hall–Kier alpha value is -1.88. The quantitative estimate of drug-likeness (QED) is 0.800. The molecule has 1 fully saturated rings. The molecule has 2 rings (SSSR count). The van der Waals surface area contributed by atoms with Crippen molar-refractivity contribution in [1.29, 1.82) is 0 Å². The Morgan fingerprint density at radius 1 is 1.50 bits per heavy atom. The van der Waals surface area contributed by atoms with Crippen LogP contribution in [0.4, 0.5) is 0 Å². The standard InChI is InChI=1S/C15H20N2O3/c18-8-2-4-13-3-1-7-17(13)15(20)6-5-12-9-14(19)11-16-10-12/h5-6,9-11,13,18-19H,1-4,7-8H2/b6-5+. The third kappa shape index (κ3) is 3.81. The highest BCUT2D eigenvalue weighted by atomic mass is 16.3. The second-order valence-corrected chi connectivity index (χ2v) is 5.00. The second kappa shape index (κ2) is 7.05. The zero-order chi connectivity index (χ0) is 14.4. The molecule has 2 heterocycles. The number of aliphatic hydroxyl groups excluding tert-OH is 1. The maximum atomic E-state index is 12.2. The monoisotopic (exact) mass is 276 g/mol. The third-order valence-corrected chi connectivity index (χ3v) is 3.52. The lowest BCUT2D eigenvalue weighted by atomic mass is 10.1. The summed E-state index contributed by atoms with van der Waals surface area (Å²) in [6, 6.07) is 1.80. The number of amides is 1. The molecule has 1 aliphatic rings. The van der Waals surface area contributed by atoms with Gasteiger partial charge in [-0.3, -0.25) is 9.78 Å². The van der Waals surface area contributed by atoms with E-state index in [9.17, 15) is 9.90 Å². The van der Waals surface area contributed by atoms with Gasteiger partial charge in [-0.1, -0.05) is 0 Å². The van der Waals surface area contributed by atoms with Gasteiger partial charge in [0, 0.05) is 31.5 Å². The van der Waals surface area contributed by atoms with E-state index in [0.717, 1.165) is 32.2 Å². The number of pyridine rings is 1. The summed E-state index contributed by atoms with van der Waals surface area (Å²) in [5.74, 6) is 0.0652. The molecule has 0 aliphatic carbocycles. The van der Waals surface area contributed by atoms with Gasteiger partial charge in [0.25, 0.3) is 0 Å². The van der Waals surface area contributed by atoms with E-state index in [4.69, 9.17) is 5.11 Å². The molecule has 5 heteroatoms. The molecule has 5 nitrogen and oxygen atoms in total. The molecule has 1 aliphatic heterocycles. The zero-order valence-corrected chi connectivity index (χ0v) is 11.4. The van der Waals surface area contributed by atoms with Gasteiger partial charge in [0.1, 0.15) is 5.75 Å². The molecule has 1 unspecified atom stereocenters. The Morgan fingerprint density at radius 2 is 2.35 bits per heavy atom. The van der Waals surface area contributed by atoms with E-state index < -0.39 is 0 Å². The molecular weight excluding hydrogens is 256 g/mol. The molecule has 1 atom stereocenters. The molecule has 0 saturated carbocycles. The highest BCUT2D eigenvalue weighted by Gasteiger charge is 2.26. The first-order valence-corrected chi connectivity index (χ1v) is 6.94. The van der Waals surface area contributed by atoms with E-state index >= 15 is 0 Å². The minimum absolute atomic E-state index is 0.0196. The molecule has 1 aromatic heterocycles. The Morgan fingerprint density at radius 3 is 3.10 bits per heavy atom. The van der Waals surface area contributed by atoms with Gasteiger partial charge in [-0.25, -0.2) is 0 Å². The zero-order valence-electron chi connectivity index (χ0n) is 11.4. The van der Waals surface area contributed by atoms with Crippen LogP contribution in [0, 0.1) is 0 Å². The summed E-state index contributed by atoms with van der Waals surface area (Å²) >= 11 is 0. The van der Waals surface area contributed by atoms with Crippen molar-refractivity contribution < 1.29 is 15.0 Å². The molecule has 2 N–H and O–H groups in total. The normalized spacial score (nSPS) is 18.9. The lowest BCUT2D eigenvalue weighted by Gasteiger charge is -2.23. The smallest absolute Gasteiger partial charge is 0.246 e. The van der Waals surface area contributed by atoms with Crippen molar-refractivity contribution in [1.82, 2.24) is 9.88 Å². The predicted octanol–water partition coefficient (Wildman–Crippen LogP) is 1.56. The van der Waals surface area contributed by atoms with Crippen LogP contribution in [0.2, 0.25) is 0 Å². The fraction of sp³-hybridized carbons (Fsp3) is 0.467. The van der Waals surface area contributed by atoms with Crippen LogP contribution in [-0.4, -0.2) is 45.2 Å². The number of aromatic nitrogens is 1. The topological polar surface area (TPSA) is 73.7 Å². The Kier molecular flexibility index (Phi) is 5.12. The lowest BCUT2D eigenvalue weighted by Crippen LogP contribution is -2.34. The van der Waals surface area contributed by atoms with Crippen LogP contribution in [0.5, 0.6) is 5.75 Å². The average molecular weight is 276 g/mol. The fourth-order valence-electron chi connectivity index (χ4n) is 2.55. The average Bonchev–Trinajstić information content (AvgIpc) is 2.91. The largest absolute Gasteiger partial charge is 0.506 e. The maximum absolute atomic E-state index is 12.2. The van der Waals surface area contributed by atoms with Gasteiger partial charge in [0.05, 0.1) is 6.20 Å². The Balaban J connectivity index is 1.96. The van der Waals surface area contributed by atoms with Gasteiger partial charge < -0.3 is 15.1 Å². The number of carbonyl (C=O) groups excluding carboxylic acids is 1. The summed E-state index contributed by atoms with van der Waals surface area (Å²) in [5, 5.41) is 18.2. The summed E-state index contributed by atoms with van der Waals surface area (Å²) in [4.78, 5) is 17.9. The predicted molar refractivity (Wildman–Crippen MR) is 76.0 cm³/mol. The number of rotatable bonds is 5. The molecule has 20 heavy (non-hydrogen) atoms. The summed E-state index contributed by atoms with van der Waals surface area (Å²) < 4.78 is 0. The summed E-state index contributed by atoms with van der Waals surface area (Å²) in [5.41, 5.74) is 0.699. The van der Waals surface area contributed by atoms with Crippen LogP contribution < -0.4 is 0 Å². The van der Waals surface area contributed by atoms with Gasteiger partial charge in [-0.05, 0) is 43.4 Å². The van der Waals surface area contributed by atoms with Crippen molar-refractivity contribution in [2.24, 2.45) is 0 Å². The molecular formula is C15H20N2O3. The Labute approximate surface area is 118 Å². The highest BCUT2D eigenvalue weighted by molar-refractivity contribution is 5.92. The van der Waals surface area contributed by atoms with Crippen molar-refractivity contribution in [2.45, 2.75) is 31.7 Å². The molecule has 0 radical (unpaired) electrons. The molecule has 0 spiro atoms. The molecule has 1 aromatic rings. The van der Waals surface area contributed by atoms with E-state index in [2.05, 4.69) is 4.98 Å². The number of aromatic hydroxyl groups is 1. The second-order valence-electron chi connectivity index (χ2n) is 5.00. The van der Waals surface area contributed by atoms with Gasteiger partial charge >= 0.3 is 0 Å². The minimum atomic E-state index is -0.0196. The molecule has 1 amide bonds. The third-order valence-electron chi connectivity index (χ3n) is 3.52. The SMILES string of the molecule is O=C(/C=C/c1cncc(O)c1)N1CCCC1CCCO. The van der Waals surface area contributed by atoms with E-state index in [1.165, 1.54) is 12.3 Å². The van der Waals surface area contributed by atoms with Crippen LogP contribution in [0.1, 0.15) is 31.2 Å². The van der Waals surface area contributed by atoms with Crippen molar-refractivity contribution in [3.63, 3.8) is 0 Å². The van der Waals surface area contributed by atoms with Crippen molar-refractivity contribution in [3.8, 4) is 5.75 Å². The van der Waals surface area contributed by atoms with E-state index in [1.54, 1.807) is 18.3 Å². The number of hydrogen-bond acceptors (Lipinski definition) is 4. The number of carbonyl (C=O) groups is 1. The number of aliphatic hydroxyl groups is 1. The first-order valence-electron chi connectivity index (χ1n) is 6.94. The minimum Gasteiger partial charge on any atom is -0.506 e. The van der Waals surface area contributed by atoms with Crippen LogP contribution >= 0.6 is 0 Å². The highest BCUT2D eigenvalue weighted by Crippen LogP contribution is 2.22. The molecule has 0 aromatic carbocycles. The van der Waals surface area contributed by atoms with Crippen molar-refractivity contribution >= 4 is 12.0 Å². The van der Waals surface area contributed by atoms with Gasteiger partial charge in [0.15, 0.2) is 0 Å². The van der Waals surface area contributed by atoms with E-state index in [-0.39, 0.29) is 24.3 Å². The van der Waals surface area contributed by atoms with Crippen molar-refractivity contribution in [2.75, 3.05) is 13.2 Å². The van der Waals surface area contributed by atoms with Crippen LogP contribution in [0.25, 0.3) is 6.08 Å². The molecule has 1 saturated heterocycles. The summed E-state index contributed by atoms with van der Waals surface area (Å²) in [7, 11) is 0. The van der Waals surface area contributed by atoms with Gasteiger partial charge in [-0.2, -0.15) is 0 Å². The first-order chi connectivity index (χ1) is 9.70. The number of hydrogen-bond donors (Lipinski definition) is 2. The first kappa shape index (κ1) is 14.5. The fourth-order valence-corrected chi connectivity index (χ4v) is 2.55. The van der Waals surface area contributed by atoms with Gasteiger partial charge in [-0.15, -0.1) is 0 Å². The van der Waals surface area contributed by atoms with Crippen LogP contribution in [-0.2, 0) is 4.79 Å². The van der Waals surface area contributed by atoms with E-state index in [0.29, 0.717) is 5.56 Å². The maximum Gasteiger partial charge on any atom is 0.246 e. The lowest BCUT2D eigenvalue weighted by molar-refractivity contribution is -0.126. The van der Waals surface area contributed by atoms with Crippen LogP contribution in [0.15, 0.2) is 24.5 Å². The van der Waals surface area contributed by atoms with Gasteiger partial charge in [0.2, 0.25) is 5.91 Å². The number of nitrogens with zero attached hydrogens (tertiary/aromatic N) is 2. The number of likely N-dealkylation sites (tertiary alicyclic amines) is 1. The Bertz CT molecular complexity index is 488. The van der Waals surface area contributed by atoms with E-state index in [1.807, 2.05) is 4.90 Å². The van der Waals surface area contributed by atoms with Crippen molar-refractivity contribution in [3.05, 3.63) is 30.1 Å².